The first-order chi connectivity index (χ1) is 15.2. The number of rotatable bonds is 16. The zero-order valence-corrected chi connectivity index (χ0v) is 19.6. The predicted molar refractivity (Wildman–Crippen MR) is 125 cm³/mol. The largest absolute Gasteiger partial charge is 0.478 e. The van der Waals surface area contributed by atoms with Gasteiger partial charge in [-0.3, -0.25) is 4.79 Å². The van der Waals surface area contributed by atoms with Crippen molar-refractivity contribution in [1.82, 2.24) is 0 Å². The van der Waals surface area contributed by atoms with Crippen molar-refractivity contribution in [3.63, 3.8) is 0 Å². The lowest BCUT2D eigenvalue weighted by Crippen LogP contribution is -2.31. The Kier molecular flexibility index (Phi) is 17.3. The Morgan fingerprint density at radius 1 is 0.938 bits per heavy atom. The van der Waals surface area contributed by atoms with E-state index in [1.54, 1.807) is 12.1 Å². The Hall–Kier alpha value is -2.07. The van der Waals surface area contributed by atoms with Gasteiger partial charge in [0.25, 0.3) is 0 Å². The highest BCUT2D eigenvalue weighted by Gasteiger charge is 2.19. The van der Waals surface area contributed by atoms with Crippen LogP contribution in [0.25, 0.3) is 0 Å². The lowest BCUT2D eigenvalue weighted by atomic mass is 10.1. The fraction of sp³-hybridized carbons (Fsp3) is 0.609. The summed E-state index contributed by atoms with van der Waals surface area (Å²) in [5.74, 6) is -2.38. The summed E-state index contributed by atoms with van der Waals surface area (Å²) in [4.78, 5) is 32.6. The number of carbonyl (C=O) groups is 3. The van der Waals surface area contributed by atoms with Crippen LogP contribution in [0.2, 0.25) is 0 Å². The van der Waals surface area contributed by atoms with Gasteiger partial charge in [0.15, 0.2) is 5.78 Å². The number of Topliss-reactive ketones (excluding diaryl/α,β-unsaturated/α-hetero) is 1. The lowest BCUT2D eigenvalue weighted by Gasteiger charge is -2.14. The fourth-order valence-corrected chi connectivity index (χ4v) is 3.87. The van der Waals surface area contributed by atoms with E-state index in [2.05, 4.69) is 6.92 Å². The second kappa shape index (κ2) is 18.5. The number of hydrogen-bond acceptors (Lipinski definition) is 7. The number of carboxylic acids is 2. The van der Waals surface area contributed by atoms with Gasteiger partial charge in [0, 0.05) is 23.5 Å². The minimum absolute atomic E-state index is 0.138. The molecule has 1 rings (SSSR count). The number of ketones is 1. The van der Waals surface area contributed by atoms with Crippen molar-refractivity contribution in [1.29, 1.82) is 0 Å². The van der Waals surface area contributed by atoms with Gasteiger partial charge in [-0.05, 0) is 18.6 Å². The molecule has 1 heterocycles. The van der Waals surface area contributed by atoms with E-state index in [0.717, 1.165) is 12.8 Å². The predicted octanol–water partition coefficient (Wildman–Crippen LogP) is 3.92. The molecular weight excluding hydrogens is 434 g/mol. The summed E-state index contributed by atoms with van der Waals surface area (Å²) in [5, 5.41) is 34.6. The molecule has 0 amide bonds. The van der Waals surface area contributed by atoms with E-state index < -0.39 is 24.1 Å². The molecule has 182 valence electrons. The van der Waals surface area contributed by atoms with Gasteiger partial charge in [-0.2, -0.15) is 0 Å². The van der Waals surface area contributed by atoms with Crippen molar-refractivity contribution in [3.8, 4) is 0 Å². The number of carboxylic acid groups (broad SMARTS) is 2. The van der Waals surface area contributed by atoms with Crippen LogP contribution in [0.15, 0.2) is 24.3 Å². The summed E-state index contributed by atoms with van der Waals surface area (Å²) in [6, 6.07) is 2.78. The number of aliphatic carboxylic acids is 2. The molecule has 0 saturated heterocycles. The standard InChI is InChI=1S/C19H33NO3S.C4H4O4/c1-2-3-4-5-6-7-8-9-10-11-16(22)17-12-13-18(24-17)19(23)15(20)14-21;5-3(6)1-2-4(7)8/h12-13,15,19,21,23H,2-11,14,20H2,1H3;1-2H,(H,5,6)(H,7,8)/b;2-1-. The molecule has 6 N–H and O–H groups in total. The van der Waals surface area contributed by atoms with Gasteiger partial charge in [0.1, 0.15) is 6.10 Å². The molecule has 2 atom stereocenters. The summed E-state index contributed by atoms with van der Waals surface area (Å²) in [6.45, 7) is 1.95. The number of aliphatic hydroxyl groups is 2. The molecule has 0 radical (unpaired) electrons. The molecule has 9 heteroatoms. The number of thiophene rings is 1. The van der Waals surface area contributed by atoms with E-state index in [9.17, 15) is 19.5 Å². The number of unbranched alkanes of at least 4 members (excludes halogenated alkanes) is 8. The third-order valence-electron chi connectivity index (χ3n) is 4.69. The zero-order chi connectivity index (χ0) is 24.4. The highest BCUT2D eigenvalue weighted by Crippen LogP contribution is 2.26. The molecule has 0 aromatic carbocycles. The zero-order valence-electron chi connectivity index (χ0n) is 18.7. The van der Waals surface area contributed by atoms with Crippen molar-refractivity contribution < 1.29 is 34.8 Å². The molecule has 0 aliphatic heterocycles. The second-order valence-corrected chi connectivity index (χ2v) is 8.62. The van der Waals surface area contributed by atoms with Gasteiger partial charge in [0.2, 0.25) is 0 Å². The molecule has 1 aromatic heterocycles. The molecule has 0 saturated carbocycles. The Labute approximate surface area is 193 Å². The van der Waals surface area contributed by atoms with Crippen molar-refractivity contribution >= 4 is 29.1 Å². The average Bonchev–Trinajstić information content (AvgIpc) is 3.26. The lowest BCUT2D eigenvalue weighted by molar-refractivity contribution is -0.134. The molecule has 32 heavy (non-hydrogen) atoms. The first-order valence-corrected chi connectivity index (χ1v) is 11.9. The van der Waals surface area contributed by atoms with Crippen LogP contribution in [-0.2, 0) is 9.59 Å². The molecule has 8 nitrogen and oxygen atoms in total. The van der Waals surface area contributed by atoms with Crippen LogP contribution in [-0.4, -0.2) is 50.8 Å². The van der Waals surface area contributed by atoms with Gasteiger partial charge in [-0.25, -0.2) is 9.59 Å². The molecule has 1 aromatic rings. The molecule has 2 unspecified atom stereocenters. The summed E-state index contributed by atoms with van der Waals surface area (Å²) in [7, 11) is 0. The summed E-state index contributed by atoms with van der Waals surface area (Å²) in [6.07, 6.45) is 11.9. The van der Waals surface area contributed by atoms with Crippen LogP contribution >= 0.6 is 11.3 Å². The van der Waals surface area contributed by atoms with Gasteiger partial charge in [-0.1, -0.05) is 58.3 Å². The Morgan fingerprint density at radius 3 is 1.91 bits per heavy atom. The minimum Gasteiger partial charge on any atom is -0.478 e. The second-order valence-electron chi connectivity index (χ2n) is 7.50. The van der Waals surface area contributed by atoms with Crippen LogP contribution in [0.5, 0.6) is 0 Å². The third kappa shape index (κ3) is 14.9. The van der Waals surface area contributed by atoms with E-state index >= 15 is 0 Å². The van der Waals surface area contributed by atoms with Crippen LogP contribution in [0.4, 0.5) is 0 Å². The van der Waals surface area contributed by atoms with Gasteiger partial charge >= 0.3 is 11.9 Å². The average molecular weight is 472 g/mol. The SMILES string of the molecule is CCCCCCCCCCCC(=O)c1ccc(C(O)C(N)CO)s1.O=C(O)/C=C\C(=O)O. The van der Waals surface area contributed by atoms with Crippen molar-refractivity contribution in [2.24, 2.45) is 5.73 Å². The molecule has 0 spiro atoms. The highest BCUT2D eigenvalue weighted by atomic mass is 32.1. The van der Waals surface area contributed by atoms with Crippen LogP contribution in [0, 0.1) is 0 Å². The topological polar surface area (TPSA) is 158 Å². The van der Waals surface area contributed by atoms with Crippen LogP contribution in [0.3, 0.4) is 0 Å². The minimum atomic E-state index is -1.26. The highest BCUT2D eigenvalue weighted by molar-refractivity contribution is 7.14. The molecular formula is C23H37NO7S. The Bertz CT molecular complexity index is 686. The summed E-state index contributed by atoms with van der Waals surface area (Å²) < 4.78 is 0. The number of nitrogens with two attached hydrogens (primary N) is 1. The van der Waals surface area contributed by atoms with E-state index in [-0.39, 0.29) is 12.4 Å². The molecule has 0 bridgehead atoms. The molecule has 0 aliphatic carbocycles. The van der Waals surface area contributed by atoms with E-state index in [1.807, 2.05) is 0 Å². The van der Waals surface area contributed by atoms with Crippen molar-refractivity contribution in [2.45, 2.75) is 83.3 Å². The van der Waals surface area contributed by atoms with Crippen LogP contribution in [0.1, 0.15) is 91.8 Å². The maximum Gasteiger partial charge on any atom is 0.328 e. The van der Waals surface area contributed by atoms with Crippen molar-refractivity contribution in [2.75, 3.05) is 6.61 Å². The van der Waals surface area contributed by atoms with Gasteiger partial charge in [-0.15, -0.1) is 11.3 Å². The Morgan fingerprint density at radius 2 is 1.44 bits per heavy atom. The quantitative estimate of drug-likeness (QED) is 0.138. The smallest absolute Gasteiger partial charge is 0.328 e. The van der Waals surface area contributed by atoms with E-state index in [1.165, 1.54) is 56.3 Å². The first kappa shape index (κ1) is 29.9. The number of hydrogen-bond donors (Lipinski definition) is 5. The molecule has 0 aliphatic rings. The monoisotopic (exact) mass is 471 g/mol. The normalized spacial score (nSPS) is 12.8. The van der Waals surface area contributed by atoms with Gasteiger partial charge < -0.3 is 26.2 Å². The molecule has 0 fully saturated rings. The number of aliphatic hydroxyl groups excluding tert-OH is 2. The Balaban J connectivity index is 0.00000102. The maximum atomic E-state index is 12.2. The van der Waals surface area contributed by atoms with Gasteiger partial charge in [0.05, 0.1) is 17.5 Å². The summed E-state index contributed by atoms with van der Waals surface area (Å²) in [5.41, 5.74) is 5.62. The first-order valence-electron chi connectivity index (χ1n) is 11.0. The van der Waals surface area contributed by atoms with E-state index in [0.29, 0.717) is 28.3 Å². The maximum absolute atomic E-state index is 12.2. The third-order valence-corrected chi connectivity index (χ3v) is 5.88. The van der Waals surface area contributed by atoms with Crippen molar-refractivity contribution in [3.05, 3.63) is 34.0 Å². The summed E-state index contributed by atoms with van der Waals surface area (Å²) >= 11 is 1.28. The fourth-order valence-electron chi connectivity index (χ4n) is 2.83. The van der Waals surface area contributed by atoms with E-state index in [4.69, 9.17) is 21.1 Å². The van der Waals surface area contributed by atoms with Crippen LogP contribution < -0.4 is 5.73 Å². The number of carbonyl (C=O) groups excluding carboxylic acids is 1.